The number of unbranched alkanes of at least 4 members (excludes halogenated alkanes) is 2. The molecule has 26 heavy (non-hydrogen) atoms. The summed E-state index contributed by atoms with van der Waals surface area (Å²) >= 11 is 4.11. The minimum absolute atomic E-state index is 0.0369. The molecule has 2 aliphatic rings. The normalized spacial score (nSPS) is 27.8. The molecule has 1 saturated heterocycles. The van der Waals surface area contributed by atoms with Gasteiger partial charge in [0, 0.05) is 12.8 Å². The highest BCUT2D eigenvalue weighted by molar-refractivity contribution is 8.18. The largest absolute Gasteiger partial charge is 0.462 e. The summed E-state index contributed by atoms with van der Waals surface area (Å²) in [7, 11) is 0. The lowest BCUT2D eigenvalue weighted by atomic mass is 10.0. The molecule has 5 heteroatoms. The first kappa shape index (κ1) is 22.0. The molecule has 148 valence electrons. The lowest BCUT2D eigenvalue weighted by molar-refractivity contribution is -0.149. The van der Waals surface area contributed by atoms with Crippen LogP contribution in [0, 0.1) is 11.8 Å². The highest BCUT2D eigenvalue weighted by Crippen LogP contribution is 2.49. The molecule has 0 unspecified atom stereocenters. The Labute approximate surface area is 167 Å². The minimum atomic E-state index is -0.349. The Morgan fingerprint density at radius 3 is 2.73 bits per heavy atom. The third-order valence-corrected chi connectivity index (χ3v) is 8.63. The fourth-order valence-corrected chi connectivity index (χ4v) is 6.86. The Hall–Kier alpha value is -0.310. The van der Waals surface area contributed by atoms with E-state index >= 15 is 0 Å². The third kappa shape index (κ3) is 8.15. The van der Waals surface area contributed by atoms with Gasteiger partial charge in [0.05, 0.1) is 16.6 Å². The van der Waals surface area contributed by atoms with Gasteiger partial charge in [0.15, 0.2) is 0 Å². The van der Waals surface area contributed by atoms with Gasteiger partial charge in [0.2, 0.25) is 0 Å². The Morgan fingerprint density at radius 2 is 1.96 bits per heavy atom. The van der Waals surface area contributed by atoms with Gasteiger partial charge in [-0.15, -0.1) is 35.4 Å². The maximum atomic E-state index is 12.2. The molecule has 0 radical (unpaired) electrons. The summed E-state index contributed by atoms with van der Waals surface area (Å²) in [4.78, 5) is 12.2. The molecule has 2 atom stereocenters. The van der Waals surface area contributed by atoms with E-state index in [1.807, 2.05) is 0 Å². The molecule has 1 fully saturated rings. The minimum Gasteiger partial charge on any atom is -0.462 e. The van der Waals surface area contributed by atoms with Crippen LogP contribution in [0.15, 0.2) is 0 Å². The number of aliphatic hydroxyl groups is 1. The van der Waals surface area contributed by atoms with Gasteiger partial charge < -0.3 is 9.84 Å². The molecule has 2 aliphatic heterocycles. The molecular formula is C21H34O3S2. The van der Waals surface area contributed by atoms with Gasteiger partial charge in [-0.1, -0.05) is 19.8 Å². The molecule has 0 aliphatic carbocycles. The van der Waals surface area contributed by atoms with E-state index in [9.17, 15) is 9.90 Å². The van der Waals surface area contributed by atoms with E-state index in [-0.39, 0.29) is 22.3 Å². The van der Waals surface area contributed by atoms with Crippen molar-refractivity contribution in [3.63, 3.8) is 0 Å². The van der Waals surface area contributed by atoms with Crippen LogP contribution in [0.4, 0.5) is 0 Å². The number of carbonyl (C=O) groups excluding carboxylic acids is 1. The van der Waals surface area contributed by atoms with Crippen molar-refractivity contribution in [2.45, 2.75) is 100 Å². The number of ether oxygens (including phenoxy) is 1. The van der Waals surface area contributed by atoms with Crippen LogP contribution in [0.25, 0.3) is 0 Å². The van der Waals surface area contributed by atoms with E-state index in [0.29, 0.717) is 19.3 Å². The molecule has 0 aromatic rings. The summed E-state index contributed by atoms with van der Waals surface area (Å²) in [6.45, 7) is 2.20. The fourth-order valence-electron chi connectivity index (χ4n) is 3.47. The van der Waals surface area contributed by atoms with E-state index in [2.05, 4.69) is 42.3 Å². The molecule has 2 rings (SSSR count). The lowest BCUT2D eigenvalue weighted by Gasteiger charge is -2.37. The van der Waals surface area contributed by atoms with Gasteiger partial charge in [-0.05, 0) is 56.5 Å². The smallest absolute Gasteiger partial charge is 0.307 e. The van der Waals surface area contributed by atoms with Gasteiger partial charge in [-0.25, -0.2) is 0 Å². The first-order valence-corrected chi connectivity index (χ1v) is 12.2. The zero-order valence-corrected chi connectivity index (χ0v) is 17.8. The molecule has 3 nitrogen and oxygen atoms in total. The van der Waals surface area contributed by atoms with E-state index in [0.717, 1.165) is 38.5 Å². The Bertz CT molecular complexity index is 477. The van der Waals surface area contributed by atoms with Crippen molar-refractivity contribution >= 4 is 29.5 Å². The second-order valence-corrected chi connectivity index (χ2v) is 10.6. The SMILES string of the molecule is CCCCC[C@H]1CCC2(CC[C@H](O)CC#CCCC(=O)O1)SCCCS2. The quantitative estimate of drug-likeness (QED) is 0.403. The number of hydrogen-bond acceptors (Lipinski definition) is 5. The number of hydrogen-bond donors (Lipinski definition) is 1. The second kappa shape index (κ2) is 12.2. The van der Waals surface area contributed by atoms with E-state index in [1.54, 1.807) is 0 Å². The van der Waals surface area contributed by atoms with Crippen LogP contribution in [-0.4, -0.2) is 38.9 Å². The van der Waals surface area contributed by atoms with Crippen LogP contribution in [0.1, 0.15) is 84.0 Å². The van der Waals surface area contributed by atoms with Crippen molar-refractivity contribution in [1.29, 1.82) is 0 Å². The maximum Gasteiger partial charge on any atom is 0.307 e. The highest BCUT2D eigenvalue weighted by Gasteiger charge is 2.34. The number of cyclic esters (lactones) is 1. The second-order valence-electron chi connectivity index (χ2n) is 7.36. The van der Waals surface area contributed by atoms with Crippen LogP contribution < -0.4 is 0 Å². The standard InChI is InChI=1S/C21H34O3S2/c1-2-3-5-10-19-13-15-21(25-16-8-17-26-21)14-12-18(22)9-6-4-7-11-20(23)24-19/h18-19,22H,2-3,5,7-17H2,1H3/t18-,19+/m1/s1. The summed E-state index contributed by atoms with van der Waals surface area (Å²) in [6.07, 6.45) is 10.7. The maximum absolute atomic E-state index is 12.2. The first-order chi connectivity index (χ1) is 12.6. The highest BCUT2D eigenvalue weighted by atomic mass is 32.2. The average molecular weight is 399 g/mol. The number of carbonyl (C=O) groups is 1. The monoisotopic (exact) mass is 398 g/mol. The third-order valence-electron chi connectivity index (χ3n) is 5.07. The Kier molecular flexibility index (Phi) is 10.3. The molecule has 1 N–H and O–H groups in total. The zero-order valence-electron chi connectivity index (χ0n) is 16.1. The Morgan fingerprint density at radius 1 is 1.19 bits per heavy atom. The van der Waals surface area contributed by atoms with Crippen molar-refractivity contribution in [3.05, 3.63) is 0 Å². The fraction of sp³-hybridized carbons (Fsp3) is 0.857. The summed E-state index contributed by atoms with van der Waals surface area (Å²) in [6, 6.07) is 0. The van der Waals surface area contributed by atoms with Crippen LogP contribution in [-0.2, 0) is 9.53 Å². The van der Waals surface area contributed by atoms with Crippen LogP contribution >= 0.6 is 23.5 Å². The lowest BCUT2D eigenvalue weighted by Crippen LogP contribution is -2.29. The van der Waals surface area contributed by atoms with Gasteiger partial charge >= 0.3 is 5.97 Å². The summed E-state index contributed by atoms with van der Waals surface area (Å²) in [5.74, 6) is 8.33. The van der Waals surface area contributed by atoms with Gasteiger partial charge in [0.1, 0.15) is 6.10 Å². The molecular weight excluding hydrogens is 364 g/mol. The van der Waals surface area contributed by atoms with Crippen LogP contribution in [0.2, 0.25) is 0 Å². The zero-order chi connectivity index (χ0) is 18.7. The summed E-state index contributed by atoms with van der Waals surface area (Å²) < 4.78 is 6.00. The number of thioether (sulfide) groups is 2. The topological polar surface area (TPSA) is 46.5 Å². The number of rotatable bonds is 4. The van der Waals surface area contributed by atoms with Crippen molar-refractivity contribution < 1.29 is 14.6 Å². The molecule has 0 amide bonds. The van der Waals surface area contributed by atoms with E-state index in [4.69, 9.17) is 4.74 Å². The predicted molar refractivity (Wildman–Crippen MR) is 112 cm³/mol. The van der Waals surface area contributed by atoms with Crippen molar-refractivity contribution in [2.24, 2.45) is 0 Å². The van der Waals surface area contributed by atoms with Crippen molar-refractivity contribution in [2.75, 3.05) is 11.5 Å². The summed E-state index contributed by atoms with van der Waals surface area (Å²) in [5, 5.41) is 10.3. The number of esters is 1. The van der Waals surface area contributed by atoms with E-state index in [1.165, 1.54) is 30.8 Å². The van der Waals surface area contributed by atoms with Gasteiger partial charge in [0.25, 0.3) is 0 Å². The van der Waals surface area contributed by atoms with Crippen LogP contribution in [0.5, 0.6) is 0 Å². The molecule has 1 spiro atoms. The molecule has 0 aromatic heterocycles. The Balaban J connectivity index is 2.05. The predicted octanol–water partition coefficient (Wildman–Crippen LogP) is 5.15. The number of aliphatic hydroxyl groups excluding tert-OH is 1. The van der Waals surface area contributed by atoms with Gasteiger partial charge in [-0.3, -0.25) is 4.79 Å². The molecule has 2 heterocycles. The molecule has 0 bridgehead atoms. The van der Waals surface area contributed by atoms with Crippen LogP contribution in [0.3, 0.4) is 0 Å². The van der Waals surface area contributed by atoms with E-state index < -0.39 is 0 Å². The first-order valence-electron chi connectivity index (χ1n) is 10.2. The average Bonchev–Trinajstić information content (AvgIpc) is 2.64. The molecule has 0 aromatic carbocycles. The molecule has 0 saturated carbocycles. The van der Waals surface area contributed by atoms with Gasteiger partial charge in [-0.2, -0.15) is 0 Å². The summed E-state index contributed by atoms with van der Waals surface area (Å²) in [5.41, 5.74) is 0. The van der Waals surface area contributed by atoms with Crippen molar-refractivity contribution in [1.82, 2.24) is 0 Å². The van der Waals surface area contributed by atoms with Crippen molar-refractivity contribution in [3.8, 4) is 11.8 Å².